The number of furan rings is 1. The lowest BCUT2D eigenvalue weighted by Crippen LogP contribution is -2.30. The molecule has 4 nitrogen and oxygen atoms in total. The number of anilines is 1. The highest BCUT2D eigenvalue weighted by Gasteiger charge is 2.10. The van der Waals surface area contributed by atoms with Gasteiger partial charge < -0.3 is 9.73 Å². The zero-order chi connectivity index (χ0) is 14.5. The van der Waals surface area contributed by atoms with Crippen LogP contribution in [0.3, 0.4) is 0 Å². The molecule has 20 heavy (non-hydrogen) atoms. The molecule has 0 saturated heterocycles. The van der Waals surface area contributed by atoms with Gasteiger partial charge in [0.1, 0.15) is 5.76 Å². The van der Waals surface area contributed by atoms with Gasteiger partial charge in [-0.15, -0.1) is 0 Å². The second-order valence-electron chi connectivity index (χ2n) is 4.65. The molecule has 5 heteroatoms. The molecule has 106 valence electrons. The van der Waals surface area contributed by atoms with E-state index in [9.17, 15) is 4.79 Å². The normalized spacial score (nSPS) is 12.2. The Morgan fingerprint density at radius 1 is 1.40 bits per heavy atom. The smallest absolute Gasteiger partial charge is 0.238 e. The molecule has 1 heterocycles. The summed E-state index contributed by atoms with van der Waals surface area (Å²) >= 11 is 3.44. The molecule has 2 N–H and O–H groups in total. The van der Waals surface area contributed by atoms with Crippen LogP contribution in [0.25, 0.3) is 0 Å². The number of hydrogen-bond donors (Lipinski definition) is 2. The maximum Gasteiger partial charge on any atom is 0.238 e. The van der Waals surface area contributed by atoms with Crippen LogP contribution in [0.4, 0.5) is 5.69 Å². The van der Waals surface area contributed by atoms with Crippen LogP contribution in [0.2, 0.25) is 0 Å². The lowest BCUT2D eigenvalue weighted by atomic mass is 10.2. The van der Waals surface area contributed by atoms with Crippen molar-refractivity contribution in [3.8, 4) is 0 Å². The lowest BCUT2D eigenvalue weighted by Gasteiger charge is -2.12. The molecule has 0 aliphatic carbocycles. The van der Waals surface area contributed by atoms with E-state index in [1.807, 2.05) is 44.2 Å². The zero-order valence-electron chi connectivity index (χ0n) is 11.4. The maximum atomic E-state index is 11.9. The molecule has 0 radical (unpaired) electrons. The molecule has 1 atom stereocenters. The molecule has 0 spiro atoms. The van der Waals surface area contributed by atoms with E-state index in [0.717, 1.165) is 21.5 Å². The third kappa shape index (κ3) is 3.95. The van der Waals surface area contributed by atoms with Crippen LogP contribution in [0.5, 0.6) is 0 Å². The van der Waals surface area contributed by atoms with Crippen molar-refractivity contribution in [2.75, 3.05) is 11.9 Å². The van der Waals surface area contributed by atoms with Crippen LogP contribution in [0.15, 0.2) is 45.5 Å². The van der Waals surface area contributed by atoms with Crippen molar-refractivity contribution in [2.45, 2.75) is 19.9 Å². The number of hydrogen-bond acceptors (Lipinski definition) is 3. The van der Waals surface area contributed by atoms with Gasteiger partial charge in [0.15, 0.2) is 0 Å². The topological polar surface area (TPSA) is 54.3 Å². The van der Waals surface area contributed by atoms with Crippen molar-refractivity contribution in [3.63, 3.8) is 0 Å². The number of benzene rings is 1. The summed E-state index contributed by atoms with van der Waals surface area (Å²) in [7, 11) is 0. The number of aryl methyl sites for hydroxylation is 1. The van der Waals surface area contributed by atoms with Crippen LogP contribution in [-0.4, -0.2) is 12.5 Å². The molecule has 0 aliphatic rings. The Bertz CT molecular complexity index is 582. The number of carbonyl (C=O) groups excluding carboxylic acids is 1. The maximum absolute atomic E-state index is 11.9. The monoisotopic (exact) mass is 336 g/mol. The molecule has 0 unspecified atom stereocenters. The minimum atomic E-state index is -0.0899. The summed E-state index contributed by atoms with van der Waals surface area (Å²) in [6.45, 7) is 4.18. The summed E-state index contributed by atoms with van der Waals surface area (Å²) in [5.74, 6) is 0.724. The summed E-state index contributed by atoms with van der Waals surface area (Å²) in [5, 5.41) is 5.97. The fraction of sp³-hybridized carbons (Fsp3) is 0.267. The molecular formula is C15H17BrN2O2. The summed E-state index contributed by atoms with van der Waals surface area (Å²) in [4.78, 5) is 11.9. The first-order valence-corrected chi connectivity index (χ1v) is 7.18. The Kier molecular flexibility index (Phi) is 4.98. The van der Waals surface area contributed by atoms with Gasteiger partial charge in [-0.1, -0.05) is 6.07 Å². The van der Waals surface area contributed by atoms with Crippen LogP contribution in [0, 0.1) is 6.92 Å². The molecule has 0 bridgehead atoms. The first-order valence-electron chi connectivity index (χ1n) is 6.39. The number of amides is 1. The lowest BCUT2D eigenvalue weighted by molar-refractivity contribution is -0.115. The zero-order valence-corrected chi connectivity index (χ0v) is 13.0. The molecule has 0 saturated carbocycles. The second-order valence-corrected chi connectivity index (χ2v) is 5.50. The minimum Gasteiger partial charge on any atom is -0.468 e. The van der Waals surface area contributed by atoms with Crippen LogP contribution in [0.1, 0.15) is 24.3 Å². The number of nitrogens with one attached hydrogen (secondary N) is 2. The van der Waals surface area contributed by atoms with Crippen molar-refractivity contribution in [3.05, 3.63) is 52.4 Å². The highest BCUT2D eigenvalue weighted by molar-refractivity contribution is 9.10. The van der Waals surface area contributed by atoms with Crippen molar-refractivity contribution < 1.29 is 9.21 Å². The average Bonchev–Trinajstić information content (AvgIpc) is 2.93. The van der Waals surface area contributed by atoms with Gasteiger partial charge in [0.05, 0.1) is 24.5 Å². The van der Waals surface area contributed by atoms with Crippen molar-refractivity contribution in [2.24, 2.45) is 0 Å². The first kappa shape index (κ1) is 14.8. The van der Waals surface area contributed by atoms with E-state index < -0.39 is 0 Å². The van der Waals surface area contributed by atoms with Gasteiger partial charge >= 0.3 is 0 Å². The van der Waals surface area contributed by atoms with Crippen molar-refractivity contribution in [1.82, 2.24) is 5.32 Å². The van der Waals surface area contributed by atoms with Crippen molar-refractivity contribution in [1.29, 1.82) is 0 Å². The van der Waals surface area contributed by atoms with E-state index in [1.165, 1.54) is 0 Å². The molecule has 1 amide bonds. The highest BCUT2D eigenvalue weighted by Crippen LogP contribution is 2.23. The predicted octanol–water partition coefficient (Wildman–Crippen LogP) is 3.64. The van der Waals surface area contributed by atoms with E-state index >= 15 is 0 Å². The Balaban J connectivity index is 1.86. The predicted molar refractivity (Wildman–Crippen MR) is 82.6 cm³/mol. The summed E-state index contributed by atoms with van der Waals surface area (Å²) < 4.78 is 6.16. The molecule has 2 rings (SSSR count). The Labute approximate surface area is 126 Å². The van der Waals surface area contributed by atoms with E-state index in [2.05, 4.69) is 26.6 Å². The number of carbonyl (C=O) groups is 1. The van der Waals surface area contributed by atoms with Gasteiger partial charge in [-0.2, -0.15) is 0 Å². The van der Waals surface area contributed by atoms with Crippen LogP contribution < -0.4 is 10.6 Å². The van der Waals surface area contributed by atoms with E-state index in [-0.39, 0.29) is 18.5 Å². The van der Waals surface area contributed by atoms with Crippen LogP contribution in [-0.2, 0) is 4.79 Å². The molecule has 1 aromatic carbocycles. The summed E-state index contributed by atoms with van der Waals surface area (Å²) in [5.41, 5.74) is 1.91. The molecule has 1 aromatic heterocycles. The standard InChI is InChI=1S/C15H17BrN2O2/c1-10-5-6-13(12(16)8-10)18-15(19)9-17-11(2)14-4-3-7-20-14/h3-8,11,17H,9H2,1-2H3,(H,18,19)/t11-/m0/s1. The van der Waals surface area contributed by atoms with Gasteiger partial charge in [-0.25, -0.2) is 0 Å². The first-order chi connectivity index (χ1) is 9.56. The number of rotatable bonds is 5. The Morgan fingerprint density at radius 3 is 2.85 bits per heavy atom. The summed E-state index contributed by atoms with van der Waals surface area (Å²) in [6, 6.07) is 9.52. The van der Waals surface area contributed by atoms with Gasteiger partial charge in [-0.3, -0.25) is 10.1 Å². The fourth-order valence-electron chi connectivity index (χ4n) is 1.80. The molecule has 0 fully saturated rings. The third-order valence-corrected chi connectivity index (χ3v) is 3.59. The van der Waals surface area contributed by atoms with Gasteiger partial charge in [0.2, 0.25) is 5.91 Å². The van der Waals surface area contributed by atoms with E-state index in [1.54, 1.807) is 6.26 Å². The largest absolute Gasteiger partial charge is 0.468 e. The van der Waals surface area contributed by atoms with E-state index in [0.29, 0.717) is 0 Å². The minimum absolute atomic E-state index is 0.00258. The van der Waals surface area contributed by atoms with E-state index in [4.69, 9.17) is 4.42 Å². The SMILES string of the molecule is Cc1ccc(NC(=O)CN[C@@H](C)c2ccco2)c(Br)c1. The molecular weight excluding hydrogens is 320 g/mol. The Hall–Kier alpha value is -1.59. The van der Waals surface area contributed by atoms with Gasteiger partial charge in [0, 0.05) is 4.47 Å². The Morgan fingerprint density at radius 2 is 2.20 bits per heavy atom. The third-order valence-electron chi connectivity index (χ3n) is 2.94. The average molecular weight is 337 g/mol. The van der Waals surface area contributed by atoms with Gasteiger partial charge in [0.25, 0.3) is 0 Å². The van der Waals surface area contributed by atoms with Crippen LogP contribution >= 0.6 is 15.9 Å². The molecule has 2 aromatic rings. The second kappa shape index (κ2) is 6.72. The highest BCUT2D eigenvalue weighted by atomic mass is 79.9. The number of halogens is 1. The molecule has 0 aliphatic heterocycles. The fourth-order valence-corrected chi connectivity index (χ4v) is 2.39. The van der Waals surface area contributed by atoms with Gasteiger partial charge in [-0.05, 0) is 59.6 Å². The summed E-state index contributed by atoms with van der Waals surface area (Å²) in [6.07, 6.45) is 1.62. The van der Waals surface area contributed by atoms with Crippen molar-refractivity contribution >= 4 is 27.5 Å². The quantitative estimate of drug-likeness (QED) is 0.876.